The lowest BCUT2D eigenvalue weighted by Crippen LogP contribution is -2.42. The highest BCUT2D eigenvalue weighted by molar-refractivity contribution is 7.19. The molecule has 4 rings (SSSR count). The van der Waals surface area contributed by atoms with E-state index in [9.17, 15) is 14.4 Å². The van der Waals surface area contributed by atoms with Gasteiger partial charge in [-0.15, -0.1) is 0 Å². The zero-order valence-electron chi connectivity index (χ0n) is 13.9. The van der Waals surface area contributed by atoms with Crippen LogP contribution in [0.2, 0.25) is 5.15 Å². The summed E-state index contributed by atoms with van der Waals surface area (Å²) in [6.07, 6.45) is 3.37. The van der Waals surface area contributed by atoms with E-state index in [1.165, 1.54) is 11.3 Å². The SMILES string of the molecule is O=C1CC(C(=O)Nc2ncc(-c3ccc4cnc(Cl)cc4c3)s2)CC(=O)N1. The number of benzene rings is 1. The van der Waals surface area contributed by atoms with Gasteiger partial charge in [0.15, 0.2) is 5.13 Å². The molecule has 3 aromatic rings. The summed E-state index contributed by atoms with van der Waals surface area (Å²) in [6, 6.07) is 7.65. The van der Waals surface area contributed by atoms with E-state index in [1.807, 2.05) is 18.2 Å². The molecule has 136 valence electrons. The number of hydrogen-bond acceptors (Lipinski definition) is 6. The Bertz CT molecular complexity index is 1070. The van der Waals surface area contributed by atoms with E-state index < -0.39 is 17.7 Å². The third-order valence-corrected chi connectivity index (χ3v) is 5.39. The minimum atomic E-state index is -0.672. The molecule has 0 bridgehead atoms. The summed E-state index contributed by atoms with van der Waals surface area (Å²) >= 11 is 7.27. The summed E-state index contributed by atoms with van der Waals surface area (Å²) in [5.74, 6) is -1.92. The standard InChI is InChI=1S/C18H13ClN4O3S/c19-14-4-11-3-9(1-2-10(11)7-20-14)13-8-21-18(27-13)23-17(26)12-5-15(24)22-16(25)6-12/h1-4,7-8,12H,5-6H2,(H,21,23,26)(H,22,24,25). The number of thiazole rings is 1. The topological polar surface area (TPSA) is 101 Å². The second-order valence-corrected chi connectivity index (χ2v) is 7.58. The first-order chi connectivity index (χ1) is 13.0. The number of fused-ring (bicyclic) bond motifs is 1. The molecule has 1 aliphatic heterocycles. The van der Waals surface area contributed by atoms with Crippen LogP contribution in [0.3, 0.4) is 0 Å². The number of rotatable bonds is 3. The third kappa shape index (κ3) is 3.81. The van der Waals surface area contributed by atoms with E-state index in [4.69, 9.17) is 11.6 Å². The van der Waals surface area contributed by atoms with E-state index in [0.29, 0.717) is 10.3 Å². The Morgan fingerprint density at radius 3 is 2.67 bits per heavy atom. The largest absolute Gasteiger partial charge is 0.302 e. The van der Waals surface area contributed by atoms with Crippen LogP contribution >= 0.6 is 22.9 Å². The Morgan fingerprint density at radius 1 is 1.11 bits per heavy atom. The minimum Gasteiger partial charge on any atom is -0.302 e. The Balaban J connectivity index is 1.52. The van der Waals surface area contributed by atoms with Gasteiger partial charge in [-0.3, -0.25) is 19.7 Å². The van der Waals surface area contributed by atoms with Crippen molar-refractivity contribution in [2.45, 2.75) is 12.8 Å². The summed E-state index contributed by atoms with van der Waals surface area (Å²) in [7, 11) is 0. The van der Waals surface area contributed by atoms with Crippen molar-refractivity contribution in [3.63, 3.8) is 0 Å². The molecule has 1 aliphatic rings. The number of aromatic nitrogens is 2. The zero-order chi connectivity index (χ0) is 19.0. The second-order valence-electron chi connectivity index (χ2n) is 6.16. The number of carbonyl (C=O) groups excluding carboxylic acids is 3. The van der Waals surface area contributed by atoms with Crippen LogP contribution in [0, 0.1) is 5.92 Å². The van der Waals surface area contributed by atoms with Crippen LogP contribution in [0.15, 0.2) is 36.7 Å². The zero-order valence-corrected chi connectivity index (χ0v) is 15.4. The fourth-order valence-electron chi connectivity index (χ4n) is 2.90. The number of hydrogen-bond donors (Lipinski definition) is 2. The van der Waals surface area contributed by atoms with Gasteiger partial charge in [0.25, 0.3) is 0 Å². The van der Waals surface area contributed by atoms with Gasteiger partial charge in [-0.2, -0.15) is 0 Å². The van der Waals surface area contributed by atoms with Crippen molar-refractivity contribution in [2.24, 2.45) is 5.92 Å². The molecule has 0 unspecified atom stereocenters. The van der Waals surface area contributed by atoms with Gasteiger partial charge < -0.3 is 5.32 Å². The van der Waals surface area contributed by atoms with Crippen molar-refractivity contribution < 1.29 is 14.4 Å². The molecule has 0 atom stereocenters. The number of amides is 3. The van der Waals surface area contributed by atoms with Gasteiger partial charge in [0.1, 0.15) is 5.15 Å². The van der Waals surface area contributed by atoms with Gasteiger partial charge in [0.05, 0.1) is 10.8 Å². The lowest BCUT2D eigenvalue weighted by atomic mass is 9.96. The average Bonchev–Trinajstić information content (AvgIpc) is 3.08. The van der Waals surface area contributed by atoms with Gasteiger partial charge in [0, 0.05) is 30.6 Å². The van der Waals surface area contributed by atoms with Crippen molar-refractivity contribution >= 4 is 56.6 Å². The first kappa shape index (κ1) is 17.6. The second kappa shape index (κ2) is 7.05. The quantitative estimate of drug-likeness (QED) is 0.520. The Hall–Kier alpha value is -2.84. The lowest BCUT2D eigenvalue weighted by Gasteiger charge is -2.19. The van der Waals surface area contributed by atoms with Crippen LogP contribution in [-0.4, -0.2) is 27.7 Å². The van der Waals surface area contributed by atoms with Crippen LogP contribution in [0.25, 0.3) is 21.2 Å². The summed E-state index contributed by atoms with van der Waals surface area (Å²) in [5, 5.41) is 7.65. The van der Waals surface area contributed by atoms with Crippen molar-refractivity contribution in [1.82, 2.24) is 15.3 Å². The minimum absolute atomic E-state index is 0.00469. The molecule has 0 radical (unpaired) electrons. The highest BCUT2D eigenvalue weighted by Crippen LogP contribution is 2.32. The fourth-order valence-corrected chi connectivity index (χ4v) is 3.88. The maximum absolute atomic E-state index is 12.3. The van der Waals surface area contributed by atoms with Crippen LogP contribution in [0.5, 0.6) is 0 Å². The van der Waals surface area contributed by atoms with E-state index >= 15 is 0 Å². The molecule has 0 aliphatic carbocycles. The van der Waals surface area contributed by atoms with Crippen molar-refractivity contribution in [3.8, 4) is 10.4 Å². The number of nitrogens with one attached hydrogen (secondary N) is 2. The van der Waals surface area contributed by atoms with Crippen LogP contribution in [0.1, 0.15) is 12.8 Å². The van der Waals surface area contributed by atoms with E-state index in [-0.39, 0.29) is 18.7 Å². The molecule has 1 aromatic carbocycles. The predicted octanol–water partition coefficient (Wildman–Crippen LogP) is 3.00. The van der Waals surface area contributed by atoms with Crippen molar-refractivity contribution in [2.75, 3.05) is 5.32 Å². The lowest BCUT2D eigenvalue weighted by molar-refractivity contribution is -0.138. The molecule has 3 amide bonds. The van der Waals surface area contributed by atoms with E-state index in [2.05, 4.69) is 20.6 Å². The maximum Gasteiger partial charge on any atom is 0.230 e. The summed E-state index contributed by atoms with van der Waals surface area (Å²) in [4.78, 5) is 44.3. The van der Waals surface area contributed by atoms with Gasteiger partial charge >= 0.3 is 0 Å². The molecule has 0 spiro atoms. The number of pyridine rings is 1. The number of anilines is 1. The number of piperidine rings is 1. The molecule has 0 saturated carbocycles. The predicted molar refractivity (Wildman–Crippen MR) is 102 cm³/mol. The van der Waals surface area contributed by atoms with Crippen molar-refractivity contribution in [3.05, 3.63) is 41.8 Å². The molecule has 7 nitrogen and oxygen atoms in total. The number of nitrogens with zero attached hydrogens (tertiary/aromatic N) is 2. The molecule has 1 saturated heterocycles. The molecule has 1 fully saturated rings. The first-order valence-corrected chi connectivity index (χ1v) is 9.32. The summed E-state index contributed by atoms with van der Waals surface area (Å²) in [5.41, 5.74) is 0.940. The smallest absolute Gasteiger partial charge is 0.230 e. The molecule has 2 aromatic heterocycles. The van der Waals surface area contributed by atoms with E-state index in [1.54, 1.807) is 18.5 Å². The van der Waals surface area contributed by atoms with Gasteiger partial charge in [-0.25, -0.2) is 9.97 Å². The number of imide groups is 1. The Morgan fingerprint density at radius 2 is 1.89 bits per heavy atom. The van der Waals surface area contributed by atoms with Gasteiger partial charge in [0.2, 0.25) is 17.7 Å². The first-order valence-electron chi connectivity index (χ1n) is 8.13. The molecule has 2 N–H and O–H groups in total. The monoisotopic (exact) mass is 400 g/mol. The highest BCUT2D eigenvalue weighted by Gasteiger charge is 2.30. The number of halogens is 1. The summed E-state index contributed by atoms with van der Waals surface area (Å²) in [6.45, 7) is 0. The molecule has 9 heteroatoms. The molecular formula is C18H13ClN4O3S. The molecular weight excluding hydrogens is 388 g/mol. The van der Waals surface area contributed by atoms with Gasteiger partial charge in [-0.1, -0.05) is 35.1 Å². The highest BCUT2D eigenvalue weighted by atomic mass is 35.5. The summed E-state index contributed by atoms with van der Waals surface area (Å²) < 4.78 is 0. The third-order valence-electron chi connectivity index (χ3n) is 4.22. The van der Waals surface area contributed by atoms with Gasteiger partial charge in [-0.05, 0) is 23.1 Å². The van der Waals surface area contributed by atoms with Crippen LogP contribution in [-0.2, 0) is 14.4 Å². The Kier molecular flexibility index (Phi) is 4.59. The fraction of sp³-hybridized carbons (Fsp3) is 0.167. The molecule has 27 heavy (non-hydrogen) atoms. The van der Waals surface area contributed by atoms with Crippen molar-refractivity contribution in [1.29, 1.82) is 0 Å². The van der Waals surface area contributed by atoms with Crippen LogP contribution < -0.4 is 10.6 Å². The average molecular weight is 401 g/mol. The maximum atomic E-state index is 12.3. The number of carbonyl (C=O) groups is 3. The Labute approximate surface area is 162 Å². The normalized spacial score (nSPS) is 15.0. The van der Waals surface area contributed by atoms with Crippen LogP contribution in [0.4, 0.5) is 5.13 Å². The molecule has 3 heterocycles. The van der Waals surface area contributed by atoms with E-state index in [0.717, 1.165) is 21.2 Å².